The molecule has 0 aliphatic carbocycles. The molecule has 0 saturated carbocycles. The maximum atomic E-state index is 12.5. The van der Waals surface area contributed by atoms with E-state index >= 15 is 0 Å². The molecule has 3 aromatic heterocycles. The molecule has 4 rings (SSSR count). The number of hydrogen-bond acceptors (Lipinski definition) is 7. The van der Waals surface area contributed by atoms with Gasteiger partial charge in [0, 0.05) is 25.3 Å². The molecule has 1 aliphatic heterocycles. The highest BCUT2D eigenvalue weighted by Gasteiger charge is 2.28. The molecule has 1 N–H and O–H groups in total. The van der Waals surface area contributed by atoms with Crippen molar-refractivity contribution >= 4 is 23.1 Å². The predicted octanol–water partition coefficient (Wildman–Crippen LogP) is 1.91. The van der Waals surface area contributed by atoms with Gasteiger partial charge in [-0.2, -0.15) is 0 Å². The van der Waals surface area contributed by atoms with Crippen LogP contribution in [-0.2, 0) is 0 Å². The van der Waals surface area contributed by atoms with Crippen LogP contribution in [0, 0.1) is 10.1 Å². The summed E-state index contributed by atoms with van der Waals surface area (Å²) in [7, 11) is 0. The number of amides is 1. The number of hydrogen-bond donors (Lipinski definition) is 1. The SMILES string of the molecule is O=C(c1ccoc1)N1CCC(Nc2nc3ccccn3c(=O)c2[N+](=O)[O-])CC1. The van der Waals surface area contributed by atoms with Crippen molar-refractivity contribution in [3.63, 3.8) is 0 Å². The second-order valence-electron chi connectivity index (χ2n) is 6.52. The fraction of sp³-hybridized carbons (Fsp3) is 0.278. The zero-order valence-corrected chi connectivity index (χ0v) is 14.8. The number of nitrogens with zero attached hydrogens (tertiary/aromatic N) is 4. The minimum Gasteiger partial charge on any atom is -0.472 e. The number of aromatic nitrogens is 2. The summed E-state index contributed by atoms with van der Waals surface area (Å²) in [6.45, 7) is 0.976. The Bertz CT molecular complexity index is 1080. The second-order valence-corrected chi connectivity index (χ2v) is 6.52. The molecule has 1 amide bonds. The van der Waals surface area contributed by atoms with Gasteiger partial charge in [-0.15, -0.1) is 0 Å². The van der Waals surface area contributed by atoms with E-state index in [1.54, 1.807) is 29.2 Å². The van der Waals surface area contributed by atoms with E-state index in [4.69, 9.17) is 4.42 Å². The van der Waals surface area contributed by atoms with Crippen LogP contribution in [0.2, 0.25) is 0 Å². The molecule has 0 bridgehead atoms. The van der Waals surface area contributed by atoms with Crippen LogP contribution in [-0.4, -0.2) is 44.2 Å². The quantitative estimate of drug-likeness (QED) is 0.539. The monoisotopic (exact) mass is 383 g/mol. The summed E-state index contributed by atoms with van der Waals surface area (Å²) in [4.78, 5) is 41.6. The molecule has 0 radical (unpaired) electrons. The van der Waals surface area contributed by atoms with Gasteiger partial charge in [0.2, 0.25) is 5.82 Å². The van der Waals surface area contributed by atoms with Crippen LogP contribution in [0.1, 0.15) is 23.2 Å². The first kappa shape index (κ1) is 17.7. The average molecular weight is 383 g/mol. The molecule has 1 saturated heterocycles. The first-order valence-corrected chi connectivity index (χ1v) is 8.78. The van der Waals surface area contributed by atoms with E-state index < -0.39 is 16.2 Å². The largest absolute Gasteiger partial charge is 0.472 e. The van der Waals surface area contributed by atoms with Gasteiger partial charge >= 0.3 is 11.2 Å². The molecule has 28 heavy (non-hydrogen) atoms. The topological polar surface area (TPSA) is 123 Å². The summed E-state index contributed by atoms with van der Waals surface area (Å²) in [5, 5.41) is 14.5. The smallest absolute Gasteiger partial charge is 0.376 e. The summed E-state index contributed by atoms with van der Waals surface area (Å²) in [6.07, 6.45) is 5.46. The number of fused-ring (bicyclic) bond motifs is 1. The Hall–Kier alpha value is -3.69. The molecule has 0 spiro atoms. The summed E-state index contributed by atoms with van der Waals surface area (Å²) in [6, 6.07) is 6.41. The van der Waals surface area contributed by atoms with Crippen LogP contribution in [0.5, 0.6) is 0 Å². The third-order valence-corrected chi connectivity index (χ3v) is 4.78. The number of carbonyl (C=O) groups excluding carboxylic acids is 1. The lowest BCUT2D eigenvalue weighted by Crippen LogP contribution is -2.42. The number of furan rings is 1. The Morgan fingerprint density at radius 3 is 2.75 bits per heavy atom. The van der Waals surface area contributed by atoms with Gasteiger partial charge in [-0.25, -0.2) is 4.98 Å². The van der Waals surface area contributed by atoms with Crippen molar-refractivity contribution in [2.24, 2.45) is 0 Å². The van der Waals surface area contributed by atoms with Crippen molar-refractivity contribution in [2.45, 2.75) is 18.9 Å². The summed E-state index contributed by atoms with van der Waals surface area (Å²) in [5.74, 6) is -0.152. The van der Waals surface area contributed by atoms with Crippen molar-refractivity contribution in [2.75, 3.05) is 18.4 Å². The number of anilines is 1. The van der Waals surface area contributed by atoms with Gasteiger partial charge in [0.05, 0.1) is 16.7 Å². The molecular formula is C18H17N5O5. The lowest BCUT2D eigenvalue weighted by Gasteiger charge is -2.32. The Labute approximate surface area is 158 Å². The zero-order chi connectivity index (χ0) is 19.7. The molecule has 0 atom stereocenters. The fourth-order valence-corrected chi connectivity index (χ4v) is 3.33. The van der Waals surface area contributed by atoms with E-state index in [-0.39, 0.29) is 17.8 Å². The normalized spacial score (nSPS) is 14.9. The van der Waals surface area contributed by atoms with Crippen molar-refractivity contribution in [3.8, 4) is 0 Å². The maximum Gasteiger partial charge on any atom is 0.376 e. The highest BCUT2D eigenvalue weighted by molar-refractivity contribution is 5.93. The first-order chi connectivity index (χ1) is 13.5. The van der Waals surface area contributed by atoms with E-state index in [0.29, 0.717) is 37.1 Å². The Morgan fingerprint density at radius 1 is 1.29 bits per heavy atom. The van der Waals surface area contributed by atoms with Gasteiger partial charge in [-0.3, -0.25) is 24.1 Å². The van der Waals surface area contributed by atoms with Crippen LogP contribution in [0.4, 0.5) is 11.5 Å². The molecule has 10 heteroatoms. The third kappa shape index (κ3) is 3.20. The van der Waals surface area contributed by atoms with Crippen LogP contribution in [0.25, 0.3) is 5.65 Å². The molecular weight excluding hydrogens is 366 g/mol. The number of pyridine rings is 1. The summed E-state index contributed by atoms with van der Waals surface area (Å²) < 4.78 is 6.09. The Kier molecular flexibility index (Phi) is 4.52. The number of rotatable bonds is 4. The first-order valence-electron chi connectivity index (χ1n) is 8.78. The minimum absolute atomic E-state index is 0.0409. The van der Waals surface area contributed by atoms with E-state index in [1.807, 2.05) is 0 Å². The van der Waals surface area contributed by atoms with E-state index in [1.165, 1.54) is 18.7 Å². The van der Waals surface area contributed by atoms with Crippen LogP contribution >= 0.6 is 0 Å². The molecule has 0 unspecified atom stereocenters. The molecule has 1 fully saturated rings. The highest BCUT2D eigenvalue weighted by Crippen LogP contribution is 2.23. The number of likely N-dealkylation sites (tertiary alicyclic amines) is 1. The van der Waals surface area contributed by atoms with Gasteiger partial charge in [-0.05, 0) is 31.0 Å². The molecule has 4 heterocycles. The van der Waals surface area contributed by atoms with Crippen LogP contribution < -0.4 is 10.9 Å². The summed E-state index contributed by atoms with van der Waals surface area (Å²) >= 11 is 0. The van der Waals surface area contributed by atoms with E-state index in [2.05, 4.69) is 10.3 Å². The van der Waals surface area contributed by atoms with E-state index in [0.717, 1.165) is 4.40 Å². The van der Waals surface area contributed by atoms with Gasteiger partial charge < -0.3 is 14.6 Å². The van der Waals surface area contributed by atoms with Crippen molar-refractivity contribution < 1.29 is 14.1 Å². The minimum atomic E-state index is -0.731. The number of nitro groups is 1. The highest BCUT2D eigenvalue weighted by atomic mass is 16.6. The van der Waals surface area contributed by atoms with Gasteiger partial charge in [0.15, 0.2) is 0 Å². The molecule has 3 aromatic rings. The zero-order valence-electron chi connectivity index (χ0n) is 14.8. The lowest BCUT2D eigenvalue weighted by atomic mass is 10.0. The van der Waals surface area contributed by atoms with Gasteiger partial charge in [0.25, 0.3) is 5.91 Å². The molecule has 10 nitrogen and oxygen atoms in total. The standard InChI is InChI=1S/C18H17N5O5/c24-17(12-6-10-28-11-12)21-8-4-13(5-9-21)19-16-15(23(26)27)18(25)22-7-2-1-3-14(22)20-16/h1-3,6-7,10-11,13,19H,4-5,8-9H2. The van der Waals surface area contributed by atoms with Gasteiger partial charge in [0.1, 0.15) is 11.9 Å². The van der Waals surface area contributed by atoms with Crippen LogP contribution in [0.15, 0.2) is 52.2 Å². The number of carbonyl (C=O) groups is 1. The van der Waals surface area contributed by atoms with Crippen LogP contribution in [0.3, 0.4) is 0 Å². The van der Waals surface area contributed by atoms with Gasteiger partial charge in [-0.1, -0.05) is 6.07 Å². The number of piperidine rings is 1. The lowest BCUT2D eigenvalue weighted by molar-refractivity contribution is -0.385. The predicted molar refractivity (Wildman–Crippen MR) is 99.4 cm³/mol. The molecule has 0 aromatic carbocycles. The average Bonchev–Trinajstić information content (AvgIpc) is 3.23. The third-order valence-electron chi connectivity index (χ3n) is 4.78. The fourth-order valence-electron chi connectivity index (χ4n) is 3.33. The second kappa shape index (κ2) is 7.14. The Morgan fingerprint density at radius 2 is 2.07 bits per heavy atom. The molecule has 1 aliphatic rings. The summed E-state index contributed by atoms with van der Waals surface area (Å²) in [5.41, 5.74) is -0.495. The van der Waals surface area contributed by atoms with Crippen molar-refractivity contribution in [1.29, 1.82) is 0 Å². The molecule has 144 valence electrons. The number of nitrogens with one attached hydrogen (secondary N) is 1. The Balaban J connectivity index is 1.53. The maximum absolute atomic E-state index is 12.5. The van der Waals surface area contributed by atoms with E-state index in [9.17, 15) is 19.7 Å². The van der Waals surface area contributed by atoms with Crippen molar-refractivity contribution in [1.82, 2.24) is 14.3 Å². The van der Waals surface area contributed by atoms with Crippen molar-refractivity contribution in [3.05, 3.63) is 69.0 Å².